The molecule has 0 aliphatic heterocycles. The number of hydrogen-bond acceptors (Lipinski definition) is 3. The molecule has 2 atom stereocenters. The first-order valence-electron chi connectivity index (χ1n) is 8.27. The van der Waals surface area contributed by atoms with Gasteiger partial charge in [-0.3, -0.25) is 0 Å². The zero-order chi connectivity index (χ0) is 15.1. The first kappa shape index (κ1) is 16.3. The fourth-order valence-corrected chi connectivity index (χ4v) is 3.55. The van der Waals surface area contributed by atoms with E-state index in [9.17, 15) is 5.11 Å². The van der Waals surface area contributed by atoms with Gasteiger partial charge in [0, 0.05) is 18.0 Å². The quantitative estimate of drug-likeness (QED) is 0.809. The van der Waals surface area contributed by atoms with E-state index in [1.165, 1.54) is 32.1 Å². The Morgan fingerprint density at radius 1 is 1.24 bits per heavy atom. The molecule has 118 valence electrons. The van der Waals surface area contributed by atoms with Crippen LogP contribution in [0.25, 0.3) is 0 Å². The molecule has 0 heterocycles. The largest absolute Gasteiger partial charge is 0.496 e. The molecule has 0 amide bonds. The predicted octanol–water partition coefficient (Wildman–Crippen LogP) is 3.46. The van der Waals surface area contributed by atoms with E-state index in [1.54, 1.807) is 7.11 Å². The third-order valence-corrected chi connectivity index (χ3v) is 4.85. The van der Waals surface area contributed by atoms with Crippen LogP contribution in [0.5, 0.6) is 5.75 Å². The van der Waals surface area contributed by atoms with Gasteiger partial charge in [-0.1, -0.05) is 50.3 Å². The minimum atomic E-state index is -0.381. The van der Waals surface area contributed by atoms with Crippen LogP contribution in [0.2, 0.25) is 0 Å². The molecule has 1 aliphatic carbocycles. The SMILES string of the molecule is COc1ccccc1C(CN)C(O)CCC1CCCCC1. The van der Waals surface area contributed by atoms with Crippen LogP contribution in [0.1, 0.15) is 56.4 Å². The van der Waals surface area contributed by atoms with Crippen molar-refractivity contribution in [1.29, 1.82) is 0 Å². The van der Waals surface area contributed by atoms with E-state index in [2.05, 4.69) is 0 Å². The van der Waals surface area contributed by atoms with E-state index in [-0.39, 0.29) is 12.0 Å². The van der Waals surface area contributed by atoms with Crippen molar-refractivity contribution < 1.29 is 9.84 Å². The number of hydrogen-bond donors (Lipinski definition) is 2. The molecule has 1 saturated carbocycles. The topological polar surface area (TPSA) is 55.5 Å². The standard InChI is InChI=1S/C18H29NO2/c1-21-18-10-6-5-9-15(18)16(13-19)17(20)12-11-14-7-3-2-4-8-14/h5-6,9-10,14,16-17,20H,2-4,7-8,11-13,19H2,1H3. The number of aliphatic hydroxyl groups is 1. The Balaban J connectivity index is 1.95. The van der Waals surface area contributed by atoms with Crippen LogP contribution in [0.3, 0.4) is 0 Å². The van der Waals surface area contributed by atoms with Gasteiger partial charge in [0.15, 0.2) is 0 Å². The zero-order valence-corrected chi connectivity index (χ0v) is 13.1. The molecule has 0 bridgehead atoms. The first-order valence-corrected chi connectivity index (χ1v) is 8.27. The summed E-state index contributed by atoms with van der Waals surface area (Å²) in [6.45, 7) is 0.451. The minimum Gasteiger partial charge on any atom is -0.496 e. The third-order valence-electron chi connectivity index (χ3n) is 4.85. The Morgan fingerprint density at radius 3 is 2.62 bits per heavy atom. The molecule has 3 heteroatoms. The van der Waals surface area contributed by atoms with Crippen molar-refractivity contribution in [1.82, 2.24) is 0 Å². The molecular formula is C18H29NO2. The van der Waals surface area contributed by atoms with Gasteiger partial charge in [-0.2, -0.15) is 0 Å². The van der Waals surface area contributed by atoms with E-state index in [0.717, 1.165) is 30.1 Å². The molecule has 0 spiro atoms. The molecule has 1 aliphatic rings. The van der Waals surface area contributed by atoms with Crippen LogP contribution in [-0.4, -0.2) is 24.9 Å². The molecule has 1 fully saturated rings. The second kappa shape index (κ2) is 8.40. The van der Waals surface area contributed by atoms with Gasteiger partial charge < -0.3 is 15.6 Å². The Labute approximate surface area is 128 Å². The summed E-state index contributed by atoms with van der Waals surface area (Å²) in [4.78, 5) is 0. The summed E-state index contributed by atoms with van der Waals surface area (Å²) in [5.41, 5.74) is 6.95. The molecule has 1 aromatic rings. The monoisotopic (exact) mass is 291 g/mol. The molecule has 3 N–H and O–H groups in total. The van der Waals surface area contributed by atoms with Crippen LogP contribution in [-0.2, 0) is 0 Å². The van der Waals surface area contributed by atoms with Crippen molar-refractivity contribution in [3.8, 4) is 5.75 Å². The highest BCUT2D eigenvalue weighted by atomic mass is 16.5. The summed E-state index contributed by atoms with van der Waals surface area (Å²) in [7, 11) is 1.67. The summed E-state index contributed by atoms with van der Waals surface area (Å²) in [6.07, 6.45) is 8.32. The first-order chi connectivity index (χ1) is 10.3. The van der Waals surface area contributed by atoms with Gasteiger partial charge in [-0.05, 0) is 24.8 Å². The van der Waals surface area contributed by atoms with Crippen molar-refractivity contribution in [2.75, 3.05) is 13.7 Å². The van der Waals surface area contributed by atoms with Crippen LogP contribution in [0.4, 0.5) is 0 Å². The summed E-state index contributed by atoms with van der Waals surface area (Å²) >= 11 is 0. The lowest BCUT2D eigenvalue weighted by Crippen LogP contribution is -2.27. The predicted molar refractivity (Wildman–Crippen MR) is 86.6 cm³/mol. The van der Waals surface area contributed by atoms with E-state index >= 15 is 0 Å². The molecule has 21 heavy (non-hydrogen) atoms. The lowest BCUT2D eigenvalue weighted by Gasteiger charge is -2.27. The molecule has 0 saturated heterocycles. The lowest BCUT2D eigenvalue weighted by molar-refractivity contribution is 0.122. The van der Waals surface area contributed by atoms with Crippen molar-refractivity contribution in [2.45, 2.75) is 57.0 Å². The van der Waals surface area contributed by atoms with E-state index in [0.29, 0.717) is 6.54 Å². The van der Waals surface area contributed by atoms with Gasteiger partial charge in [-0.25, -0.2) is 0 Å². The summed E-state index contributed by atoms with van der Waals surface area (Å²) in [6, 6.07) is 7.88. The maximum Gasteiger partial charge on any atom is 0.122 e. The Bertz CT molecular complexity index is 415. The molecule has 3 nitrogen and oxygen atoms in total. The summed E-state index contributed by atoms with van der Waals surface area (Å²) < 4.78 is 5.41. The van der Waals surface area contributed by atoms with E-state index in [1.807, 2.05) is 24.3 Å². The third kappa shape index (κ3) is 4.45. The van der Waals surface area contributed by atoms with Crippen LogP contribution in [0, 0.1) is 5.92 Å². The number of rotatable bonds is 7. The van der Waals surface area contributed by atoms with Crippen LogP contribution in [0.15, 0.2) is 24.3 Å². The number of ether oxygens (including phenoxy) is 1. The molecule has 0 aromatic heterocycles. The van der Waals surface area contributed by atoms with Crippen molar-refractivity contribution in [2.24, 2.45) is 11.7 Å². The molecule has 2 unspecified atom stereocenters. The van der Waals surface area contributed by atoms with E-state index in [4.69, 9.17) is 10.5 Å². The minimum absolute atomic E-state index is 0.0373. The zero-order valence-electron chi connectivity index (χ0n) is 13.1. The second-order valence-corrected chi connectivity index (χ2v) is 6.23. The summed E-state index contributed by atoms with van der Waals surface area (Å²) in [5.74, 6) is 1.58. The Morgan fingerprint density at radius 2 is 1.95 bits per heavy atom. The lowest BCUT2D eigenvalue weighted by atomic mass is 9.83. The fourth-order valence-electron chi connectivity index (χ4n) is 3.55. The average Bonchev–Trinajstić information content (AvgIpc) is 2.55. The maximum atomic E-state index is 10.6. The highest BCUT2D eigenvalue weighted by Crippen LogP contribution is 2.32. The number of benzene rings is 1. The molecule has 1 aromatic carbocycles. The summed E-state index contributed by atoms with van der Waals surface area (Å²) in [5, 5.41) is 10.6. The number of para-hydroxylation sites is 1. The van der Waals surface area contributed by atoms with Gasteiger partial charge in [0.25, 0.3) is 0 Å². The van der Waals surface area contributed by atoms with Gasteiger partial charge in [0.2, 0.25) is 0 Å². The number of nitrogens with two attached hydrogens (primary N) is 1. The van der Waals surface area contributed by atoms with Crippen LogP contribution < -0.4 is 10.5 Å². The smallest absolute Gasteiger partial charge is 0.122 e. The van der Waals surface area contributed by atoms with Crippen molar-refractivity contribution in [3.05, 3.63) is 29.8 Å². The maximum absolute atomic E-state index is 10.6. The van der Waals surface area contributed by atoms with Gasteiger partial charge in [0.1, 0.15) is 5.75 Å². The van der Waals surface area contributed by atoms with Gasteiger partial charge >= 0.3 is 0 Å². The van der Waals surface area contributed by atoms with Crippen LogP contribution >= 0.6 is 0 Å². The number of aliphatic hydroxyl groups excluding tert-OH is 1. The van der Waals surface area contributed by atoms with Gasteiger partial charge in [-0.15, -0.1) is 0 Å². The molecule has 2 rings (SSSR count). The second-order valence-electron chi connectivity index (χ2n) is 6.23. The average molecular weight is 291 g/mol. The number of methoxy groups -OCH3 is 1. The molecule has 0 radical (unpaired) electrons. The fraction of sp³-hybridized carbons (Fsp3) is 0.667. The highest BCUT2D eigenvalue weighted by Gasteiger charge is 2.24. The highest BCUT2D eigenvalue weighted by molar-refractivity contribution is 5.37. The van der Waals surface area contributed by atoms with Crippen molar-refractivity contribution >= 4 is 0 Å². The van der Waals surface area contributed by atoms with E-state index < -0.39 is 0 Å². The Kier molecular flexibility index (Phi) is 6.52. The van der Waals surface area contributed by atoms with Crippen molar-refractivity contribution in [3.63, 3.8) is 0 Å². The molecular weight excluding hydrogens is 262 g/mol. The Hall–Kier alpha value is -1.06. The normalized spacial score (nSPS) is 19.2. The van der Waals surface area contributed by atoms with Gasteiger partial charge in [0.05, 0.1) is 13.2 Å².